The summed E-state index contributed by atoms with van der Waals surface area (Å²) in [7, 11) is 0. The fraction of sp³-hybridized carbons (Fsp3) is 0.318. The summed E-state index contributed by atoms with van der Waals surface area (Å²) in [6.45, 7) is 4.49. The SMILES string of the molecule is CCOc1ccnc2[nH]c(=O)n(-c3ccc4nccc(C5CCNCC5)c4c3)c12. The Balaban J connectivity index is 1.72. The molecule has 1 aliphatic heterocycles. The molecule has 0 radical (unpaired) electrons. The number of ether oxygens (including phenoxy) is 1. The third-order valence-corrected chi connectivity index (χ3v) is 5.64. The molecule has 5 rings (SSSR count). The van der Waals surface area contributed by atoms with Crippen LogP contribution >= 0.6 is 0 Å². The molecular formula is C22H23N5O2. The van der Waals surface area contributed by atoms with E-state index in [9.17, 15) is 4.79 Å². The molecule has 2 N–H and O–H groups in total. The van der Waals surface area contributed by atoms with Gasteiger partial charge in [0.1, 0.15) is 11.3 Å². The third-order valence-electron chi connectivity index (χ3n) is 5.64. The summed E-state index contributed by atoms with van der Waals surface area (Å²) in [4.78, 5) is 24.5. The summed E-state index contributed by atoms with van der Waals surface area (Å²) in [5, 5.41) is 4.52. The van der Waals surface area contributed by atoms with E-state index in [4.69, 9.17) is 4.74 Å². The second-order valence-corrected chi connectivity index (χ2v) is 7.33. The molecule has 0 aliphatic carbocycles. The van der Waals surface area contributed by atoms with Crippen molar-refractivity contribution in [2.45, 2.75) is 25.7 Å². The highest BCUT2D eigenvalue weighted by Crippen LogP contribution is 2.32. The van der Waals surface area contributed by atoms with Crippen LogP contribution in [0.25, 0.3) is 27.8 Å². The Labute approximate surface area is 167 Å². The lowest BCUT2D eigenvalue weighted by Gasteiger charge is -2.24. The van der Waals surface area contributed by atoms with E-state index in [0.717, 1.165) is 42.5 Å². The predicted molar refractivity (Wildman–Crippen MR) is 113 cm³/mol. The molecule has 1 aliphatic rings. The molecule has 148 valence electrons. The van der Waals surface area contributed by atoms with E-state index in [1.165, 1.54) is 5.56 Å². The molecular weight excluding hydrogens is 366 g/mol. The van der Waals surface area contributed by atoms with Crippen LogP contribution in [-0.4, -0.2) is 39.2 Å². The summed E-state index contributed by atoms with van der Waals surface area (Å²) < 4.78 is 7.41. The molecule has 1 aromatic carbocycles. The van der Waals surface area contributed by atoms with Gasteiger partial charge >= 0.3 is 5.69 Å². The van der Waals surface area contributed by atoms with Gasteiger partial charge in [-0.3, -0.25) is 14.5 Å². The molecule has 0 unspecified atom stereocenters. The highest BCUT2D eigenvalue weighted by Gasteiger charge is 2.19. The van der Waals surface area contributed by atoms with Gasteiger partial charge in [0.2, 0.25) is 0 Å². The average Bonchev–Trinajstić information content (AvgIpc) is 3.10. The van der Waals surface area contributed by atoms with Crippen LogP contribution in [0.2, 0.25) is 0 Å². The molecule has 0 atom stereocenters. The first-order valence-electron chi connectivity index (χ1n) is 10.1. The van der Waals surface area contributed by atoms with Crippen LogP contribution in [0, 0.1) is 0 Å². The molecule has 0 saturated carbocycles. The monoisotopic (exact) mass is 389 g/mol. The van der Waals surface area contributed by atoms with E-state index >= 15 is 0 Å². The van der Waals surface area contributed by atoms with Crippen LogP contribution in [0.5, 0.6) is 5.75 Å². The minimum atomic E-state index is -0.230. The van der Waals surface area contributed by atoms with E-state index < -0.39 is 0 Å². The number of aromatic amines is 1. The van der Waals surface area contributed by atoms with E-state index in [2.05, 4.69) is 32.4 Å². The molecule has 7 nitrogen and oxygen atoms in total. The number of aromatic nitrogens is 4. The number of piperidine rings is 1. The smallest absolute Gasteiger partial charge is 0.332 e. The maximum absolute atomic E-state index is 12.8. The summed E-state index contributed by atoms with van der Waals surface area (Å²) in [5.41, 5.74) is 3.98. The molecule has 0 bridgehead atoms. The lowest BCUT2D eigenvalue weighted by molar-refractivity contribution is 0.343. The molecule has 7 heteroatoms. The lowest BCUT2D eigenvalue weighted by Crippen LogP contribution is -2.26. The molecule has 3 aromatic heterocycles. The summed E-state index contributed by atoms with van der Waals surface area (Å²) >= 11 is 0. The maximum atomic E-state index is 12.8. The van der Waals surface area contributed by atoms with Gasteiger partial charge in [0.05, 0.1) is 17.8 Å². The second kappa shape index (κ2) is 7.33. The lowest BCUT2D eigenvalue weighted by atomic mass is 9.88. The average molecular weight is 389 g/mol. The Morgan fingerprint density at radius 1 is 1.14 bits per heavy atom. The summed E-state index contributed by atoms with van der Waals surface area (Å²) in [6.07, 6.45) is 5.74. The van der Waals surface area contributed by atoms with Crippen LogP contribution in [0.1, 0.15) is 31.2 Å². The number of pyridine rings is 2. The number of nitrogens with one attached hydrogen (secondary N) is 2. The zero-order chi connectivity index (χ0) is 19.8. The van der Waals surface area contributed by atoms with E-state index in [1.54, 1.807) is 16.8 Å². The van der Waals surface area contributed by atoms with Crippen LogP contribution in [0.3, 0.4) is 0 Å². The Kier molecular flexibility index (Phi) is 4.52. The quantitative estimate of drug-likeness (QED) is 0.560. The van der Waals surface area contributed by atoms with Gasteiger partial charge in [-0.25, -0.2) is 9.78 Å². The Morgan fingerprint density at radius 2 is 1.97 bits per heavy atom. The standard InChI is InChI=1S/C22H23N5O2/c1-2-29-19-8-12-25-21-20(19)27(22(28)26-21)15-3-4-18-17(13-15)16(7-11-24-18)14-5-9-23-10-6-14/h3-4,7-8,11-14,23H,2,5-6,9-10H2,1H3,(H,25,26,28). The maximum Gasteiger partial charge on any atom is 0.332 e. The van der Waals surface area contributed by atoms with Gasteiger partial charge in [-0.1, -0.05) is 0 Å². The van der Waals surface area contributed by atoms with Crippen molar-refractivity contribution in [3.63, 3.8) is 0 Å². The molecule has 4 heterocycles. The first-order valence-corrected chi connectivity index (χ1v) is 10.1. The van der Waals surface area contributed by atoms with Crippen LogP contribution < -0.4 is 15.7 Å². The van der Waals surface area contributed by atoms with E-state index in [-0.39, 0.29) is 5.69 Å². The topological polar surface area (TPSA) is 84.8 Å². The minimum Gasteiger partial charge on any atom is -0.491 e. The second-order valence-electron chi connectivity index (χ2n) is 7.33. The van der Waals surface area contributed by atoms with Gasteiger partial charge in [-0.2, -0.15) is 0 Å². The highest BCUT2D eigenvalue weighted by molar-refractivity contribution is 5.86. The summed E-state index contributed by atoms with van der Waals surface area (Å²) in [5.74, 6) is 1.14. The Bertz CT molecular complexity index is 1240. The number of nitrogens with zero attached hydrogens (tertiary/aromatic N) is 3. The first kappa shape index (κ1) is 17.9. The third kappa shape index (κ3) is 3.07. The van der Waals surface area contributed by atoms with Gasteiger partial charge in [0.25, 0.3) is 0 Å². The largest absolute Gasteiger partial charge is 0.491 e. The van der Waals surface area contributed by atoms with Gasteiger partial charge in [-0.05, 0) is 68.6 Å². The number of imidazole rings is 1. The van der Waals surface area contributed by atoms with Crippen molar-refractivity contribution < 1.29 is 4.74 Å². The van der Waals surface area contributed by atoms with Gasteiger partial charge in [0.15, 0.2) is 5.65 Å². The van der Waals surface area contributed by atoms with E-state index in [0.29, 0.717) is 29.4 Å². The van der Waals surface area contributed by atoms with E-state index in [1.807, 2.05) is 25.3 Å². The van der Waals surface area contributed by atoms with Crippen molar-refractivity contribution in [2.75, 3.05) is 19.7 Å². The van der Waals surface area contributed by atoms with Crippen molar-refractivity contribution in [1.29, 1.82) is 0 Å². The molecule has 1 fully saturated rings. The van der Waals surface area contributed by atoms with Gasteiger partial charge in [-0.15, -0.1) is 0 Å². The fourth-order valence-corrected chi connectivity index (χ4v) is 4.30. The van der Waals surface area contributed by atoms with Crippen molar-refractivity contribution in [3.8, 4) is 11.4 Å². The van der Waals surface area contributed by atoms with Crippen molar-refractivity contribution >= 4 is 22.1 Å². The Morgan fingerprint density at radius 3 is 2.79 bits per heavy atom. The van der Waals surface area contributed by atoms with Crippen LogP contribution in [0.4, 0.5) is 0 Å². The molecule has 4 aromatic rings. The molecule has 1 saturated heterocycles. The predicted octanol–water partition coefficient (Wildman–Crippen LogP) is 3.13. The Hall–Kier alpha value is -3.19. The normalized spacial score (nSPS) is 15.2. The number of hydrogen-bond acceptors (Lipinski definition) is 5. The van der Waals surface area contributed by atoms with Crippen LogP contribution in [0.15, 0.2) is 47.5 Å². The minimum absolute atomic E-state index is 0.230. The zero-order valence-electron chi connectivity index (χ0n) is 16.3. The molecule has 0 amide bonds. The molecule has 29 heavy (non-hydrogen) atoms. The van der Waals surface area contributed by atoms with Crippen molar-refractivity contribution in [3.05, 3.63) is 58.8 Å². The van der Waals surface area contributed by atoms with Gasteiger partial charge in [0, 0.05) is 23.8 Å². The van der Waals surface area contributed by atoms with Crippen molar-refractivity contribution in [2.24, 2.45) is 0 Å². The number of fused-ring (bicyclic) bond motifs is 2. The number of hydrogen-bond donors (Lipinski definition) is 2. The molecule has 0 spiro atoms. The highest BCUT2D eigenvalue weighted by atomic mass is 16.5. The number of H-pyrrole nitrogens is 1. The van der Waals surface area contributed by atoms with Gasteiger partial charge < -0.3 is 10.1 Å². The first-order chi connectivity index (χ1) is 14.3. The zero-order valence-corrected chi connectivity index (χ0v) is 16.3. The number of benzene rings is 1. The van der Waals surface area contributed by atoms with Crippen molar-refractivity contribution in [1.82, 2.24) is 24.8 Å². The summed E-state index contributed by atoms with van der Waals surface area (Å²) in [6, 6.07) is 9.89. The fourth-order valence-electron chi connectivity index (χ4n) is 4.30. The number of rotatable bonds is 4. The van der Waals surface area contributed by atoms with Crippen LogP contribution in [-0.2, 0) is 0 Å².